The minimum Gasteiger partial charge on any atom is -0.467 e. The van der Waals surface area contributed by atoms with Gasteiger partial charge in [-0.15, -0.1) is 0 Å². The van der Waals surface area contributed by atoms with E-state index in [1.54, 1.807) is 0 Å². The predicted octanol–water partition coefficient (Wildman–Crippen LogP) is 1.72. The van der Waals surface area contributed by atoms with Gasteiger partial charge < -0.3 is 15.2 Å². The number of carbonyl (C=O) groups excluding carboxylic acids is 1. The van der Waals surface area contributed by atoms with E-state index < -0.39 is 12.1 Å². The van der Waals surface area contributed by atoms with Crippen LogP contribution in [0.25, 0.3) is 0 Å². The zero-order valence-electron chi connectivity index (χ0n) is 11.8. The van der Waals surface area contributed by atoms with E-state index >= 15 is 0 Å². The molecular weight excluding hydrogens is 242 g/mol. The third-order valence-electron chi connectivity index (χ3n) is 2.96. The summed E-state index contributed by atoms with van der Waals surface area (Å²) < 4.78 is 4.60. The van der Waals surface area contributed by atoms with E-state index in [0.29, 0.717) is 18.9 Å². The Bertz CT molecular complexity index is 378. The molecule has 0 aromatic heterocycles. The number of benzene rings is 1. The van der Waals surface area contributed by atoms with Crippen molar-refractivity contribution in [3.8, 4) is 0 Å². The fourth-order valence-corrected chi connectivity index (χ4v) is 1.96. The van der Waals surface area contributed by atoms with Crippen LogP contribution in [-0.2, 0) is 16.1 Å². The molecule has 1 aromatic carbocycles. The van der Waals surface area contributed by atoms with Crippen LogP contribution in [0.2, 0.25) is 0 Å². The van der Waals surface area contributed by atoms with Crippen LogP contribution in [-0.4, -0.2) is 30.3 Å². The van der Waals surface area contributed by atoms with Crippen LogP contribution in [0.3, 0.4) is 0 Å². The first kappa shape index (κ1) is 15.7. The van der Waals surface area contributed by atoms with Crippen LogP contribution < -0.4 is 5.32 Å². The fraction of sp³-hybridized carbons (Fsp3) is 0.533. The first-order chi connectivity index (χ1) is 9.04. The van der Waals surface area contributed by atoms with Crippen LogP contribution in [0.1, 0.15) is 25.8 Å². The number of hydrogen-bond acceptors (Lipinski definition) is 4. The highest BCUT2D eigenvalue weighted by Gasteiger charge is 2.27. The lowest BCUT2D eigenvalue weighted by molar-refractivity contribution is -0.152. The molecule has 1 rings (SSSR count). The number of rotatable bonds is 7. The van der Waals surface area contributed by atoms with Crippen LogP contribution in [0.5, 0.6) is 0 Å². The summed E-state index contributed by atoms with van der Waals surface area (Å²) in [6.07, 6.45) is -0.417. The quantitative estimate of drug-likeness (QED) is 0.737. The van der Waals surface area contributed by atoms with Crippen molar-refractivity contribution in [2.24, 2.45) is 5.92 Å². The first-order valence-corrected chi connectivity index (χ1v) is 6.57. The molecule has 0 aliphatic carbocycles. The largest absolute Gasteiger partial charge is 0.467 e. The Morgan fingerprint density at radius 3 is 2.47 bits per heavy atom. The maximum atomic E-state index is 11.4. The molecular formula is C15H23NO3. The summed E-state index contributed by atoms with van der Waals surface area (Å²) >= 11 is 0. The number of methoxy groups -OCH3 is 1. The van der Waals surface area contributed by atoms with Gasteiger partial charge >= 0.3 is 5.97 Å². The molecule has 0 bridgehead atoms. The Hall–Kier alpha value is -1.39. The van der Waals surface area contributed by atoms with Crippen molar-refractivity contribution in [3.63, 3.8) is 0 Å². The molecule has 4 nitrogen and oxygen atoms in total. The molecule has 0 amide bonds. The molecule has 4 heteroatoms. The van der Waals surface area contributed by atoms with Crippen LogP contribution >= 0.6 is 0 Å². The second-order valence-electron chi connectivity index (χ2n) is 5.07. The molecule has 1 aromatic rings. The van der Waals surface area contributed by atoms with Crippen molar-refractivity contribution in [3.05, 3.63) is 35.9 Å². The van der Waals surface area contributed by atoms with Gasteiger partial charge in [-0.1, -0.05) is 44.2 Å². The molecule has 0 heterocycles. The number of aliphatic hydroxyl groups excluding tert-OH is 1. The Balaban J connectivity index is 2.61. The average Bonchev–Trinajstić information content (AvgIpc) is 2.42. The van der Waals surface area contributed by atoms with Gasteiger partial charge in [0, 0.05) is 12.6 Å². The molecule has 0 radical (unpaired) electrons. The van der Waals surface area contributed by atoms with E-state index in [9.17, 15) is 9.90 Å². The lowest BCUT2D eigenvalue weighted by Gasteiger charge is -2.24. The SMILES string of the molecule is COC(=O)[C@H](O)[C@H](CC(C)C)NCc1ccccc1. The minimum atomic E-state index is -1.13. The van der Waals surface area contributed by atoms with Crippen molar-refractivity contribution >= 4 is 5.97 Å². The molecule has 0 aliphatic rings. The van der Waals surface area contributed by atoms with Gasteiger partial charge in [-0.05, 0) is 17.9 Å². The van der Waals surface area contributed by atoms with E-state index in [-0.39, 0.29) is 6.04 Å². The van der Waals surface area contributed by atoms with Crippen LogP contribution in [0, 0.1) is 5.92 Å². The van der Waals surface area contributed by atoms with E-state index in [1.165, 1.54) is 7.11 Å². The van der Waals surface area contributed by atoms with E-state index in [4.69, 9.17) is 0 Å². The maximum Gasteiger partial charge on any atom is 0.336 e. The predicted molar refractivity (Wildman–Crippen MR) is 74.5 cm³/mol. The molecule has 0 fully saturated rings. The third kappa shape index (κ3) is 5.41. The molecule has 2 N–H and O–H groups in total. The normalized spacial score (nSPS) is 14.2. The van der Waals surface area contributed by atoms with Crippen molar-refractivity contribution < 1.29 is 14.6 Å². The molecule has 0 spiro atoms. The van der Waals surface area contributed by atoms with Gasteiger partial charge in [-0.25, -0.2) is 4.79 Å². The van der Waals surface area contributed by atoms with Gasteiger partial charge in [0.15, 0.2) is 6.10 Å². The summed E-state index contributed by atoms with van der Waals surface area (Å²) in [5.74, 6) is -0.209. The zero-order chi connectivity index (χ0) is 14.3. The van der Waals surface area contributed by atoms with E-state index in [1.807, 2.05) is 30.3 Å². The number of esters is 1. The minimum absolute atomic E-state index is 0.298. The zero-order valence-corrected chi connectivity index (χ0v) is 11.8. The highest BCUT2D eigenvalue weighted by molar-refractivity contribution is 5.75. The lowest BCUT2D eigenvalue weighted by Crippen LogP contribution is -2.45. The van der Waals surface area contributed by atoms with Crippen LogP contribution in [0.15, 0.2) is 30.3 Å². The van der Waals surface area contributed by atoms with Crippen molar-refractivity contribution in [2.45, 2.75) is 39.0 Å². The first-order valence-electron chi connectivity index (χ1n) is 6.57. The molecule has 19 heavy (non-hydrogen) atoms. The number of ether oxygens (including phenoxy) is 1. The molecule has 0 saturated carbocycles. The summed E-state index contributed by atoms with van der Waals surface area (Å²) in [5, 5.41) is 13.2. The van der Waals surface area contributed by atoms with Crippen molar-refractivity contribution in [2.75, 3.05) is 7.11 Å². The second-order valence-corrected chi connectivity index (χ2v) is 5.07. The van der Waals surface area contributed by atoms with Gasteiger partial charge in [-0.2, -0.15) is 0 Å². The molecule has 106 valence electrons. The lowest BCUT2D eigenvalue weighted by atomic mass is 9.99. The van der Waals surface area contributed by atoms with Crippen molar-refractivity contribution in [1.29, 1.82) is 0 Å². The third-order valence-corrected chi connectivity index (χ3v) is 2.96. The summed E-state index contributed by atoms with van der Waals surface area (Å²) in [6.45, 7) is 4.73. The summed E-state index contributed by atoms with van der Waals surface area (Å²) in [5.41, 5.74) is 1.12. The highest BCUT2D eigenvalue weighted by atomic mass is 16.5. The number of carbonyl (C=O) groups is 1. The number of aliphatic hydroxyl groups is 1. The monoisotopic (exact) mass is 265 g/mol. The topological polar surface area (TPSA) is 58.6 Å². The smallest absolute Gasteiger partial charge is 0.336 e. The number of hydrogen-bond donors (Lipinski definition) is 2. The second kappa shape index (κ2) is 7.92. The fourth-order valence-electron chi connectivity index (χ4n) is 1.96. The summed E-state index contributed by atoms with van der Waals surface area (Å²) in [4.78, 5) is 11.4. The molecule has 0 saturated heterocycles. The molecule has 0 aliphatic heterocycles. The highest BCUT2D eigenvalue weighted by Crippen LogP contribution is 2.11. The van der Waals surface area contributed by atoms with Gasteiger partial charge in [0.25, 0.3) is 0 Å². The van der Waals surface area contributed by atoms with E-state index in [0.717, 1.165) is 5.56 Å². The van der Waals surface area contributed by atoms with Crippen molar-refractivity contribution in [1.82, 2.24) is 5.32 Å². The molecule has 0 unspecified atom stereocenters. The summed E-state index contributed by atoms with van der Waals surface area (Å²) in [6, 6.07) is 9.59. The van der Waals surface area contributed by atoms with Gasteiger partial charge in [-0.3, -0.25) is 0 Å². The average molecular weight is 265 g/mol. The Labute approximate surface area is 114 Å². The standard InChI is InChI=1S/C15H23NO3/c1-11(2)9-13(14(17)15(18)19-3)16-10-12-7-5-4-6-8-12/h4-8,11,13-14,16-17H,9-10H2,1-3H3/t13-,14+/m0/s1. The van der Waals surface area contributed by atoms with Gasteiger partial charge in [0.2, 0.25) is 0 Å². The number of nitrogens with one attached hydrogen (secondary N) is 1. The van der Waals surface area contributed by atoms with Gasteiger partial charge in [0.05, 0.1) is 7.11 Å². The Morgan fingerprint density at radius 1 is 1.32 bits per heavy atom. The Kier molecular flexibility index (Phi) is 6.53. The molecule has 2 atom stereocenters. The Morgan fingerprint density at radius 2 is 1.95 bits per heavy atom. The van der Waals surface area contributed by atoms with Crippen LogP contribution in [0.4, 0.5) is 0 Å². The van der Waals surface area contributed by atoms with Gasteiger partial charge in [0.1, 0.15) is 0 Å². The summed E-state index contributed by atoms with van der Waals surface area (Å²) in [7, 11) is 1.29. The van der Waals surface area contributed by atoms with E-state index in [2.05, 4.69) is 23.9 Å². The maximum absolute atomic E-state index is 11.4.